The smallest absolute Gasteiger partial charge is 0.0809 e. The average Bonchev–Trinajstić information content (AvgIpc) is 3.03. The highest BCUT2D eigenvalue weighted by Crippen LogP contribution is 2.22. The predicted octanol–water partition coefficient (Wildman–Crippen LogP) is 2.88. The molecule has 3 rings (SSSR count). The van der Waals surface area contributed by atoms with E-state index < -0.39 is 0 Å². The molecule has 0 aromatic carbocycles. The monoisotopic (exact) mass is 272 g/mol. The number of aromatic nitrogens is 3. The lowest BCUT2D eigenvalue weighted by atomic mass is 10.1. The standard InChI is InChI=1S/C14H16N4S/c1-10(15-9-12-3-5-18(2)17-12)11-7-14-13(16-8-11)4-6-19-14/h3-8,10,15H,9H2,1-2H3. The topological polar surface area (TPSA) is 42.7 Å². The normalized spacial score (nSPS) is 12.9. The molecule has 0 aliphatic heterocycles. The maximum absolute atomic E-state index is 4.47. The van der Waals surface area contributed by atoms with Gasteiger partial charge >= 0.3 is 0 Å². The van der Waals surface area contributed by atoms with E-state index >= 15 is 0 Å². The van der Waals surface area contributed by atoms with Crippen molar-refractivity contribution in [3.8, 4) is 0 Å². The van der Waals surface area contributed by atoms with Crippen molar-refractivity contribution in [3.05, 3.63) is 47.2 Å². The summed E-state index contributed by atoms with van der Waals surface area (Å²) < 4.78 is 3.06. The van der Waals surface area contributed by atoms with Crippen LogP contribution in [0.1, 0.15) is 24.2 Å². The van der Waals surface area contributed by atoms with Gasteiger partial charge in [-0.3, -0.25) is 9.67 Å². The first-order valence-electron chi connectivity index (χ1n) is 6.27. The van der Waals surface area contributed by atoms with Crippen LogP contribution in [0, 0.1) is 0 Å². The van der Waals surface area contributed by atoms with Gasteiger partial charge in [-0.05, 0) is 36.1 Å². The van der Waals surface area contributed by atoms with Gasteiger partial charge in [-0.2, -0.15) is 5.10 Å². The summed E-state index contributed by atoms with van der Waals surface area (Å²) >= 11 is 1.73. The molecule has 1 N–H and O–H groups in total. The van der Waals surface area contributed by atoms with Crippen molar-refractivity contribution in [2.75, 3.05) is 0 Å². The van der Waals surface area contributed by atoms with Gasteiger partial charge in [-0.1, -0.05) is 0 Å². The zero-order valence-electron chi connectivity index (χ0n) is 11.0. The highest BCUT2D eigenvalue weighted by Gasteiger charge is 2.08. The summed E-state index contributed by atoms with van der Waals surface area (Å²) in [7, 11) is 1.93. The number of nitrogens with zero attached hydrogens (tertiary/aromatic N) is 3. The van der Waals surface area contributed by atoms with Crippen molar-refractivity contribution in [2.45, 2.75) is 19.5 Å². The van der Waals surface area contributed by atoms with E-state index in [1.807, 2.05) is 30.2 Å². The molecule has 4 nitrogen and oxygen atoms in total. The molecule has 0 fully saturated rings. The highest BCUT2D eigenvalue weighted by molar-refractivity contribution is 7.17. The first-order chi connectivity index (χ1) is 9.22. The van der Waals surface area contributed by atoms with Crippen molar-refractivity contribution < 1.29 is 0 Å². The summed E-state index contributed by atoms with van der Waals surface area (Å²) in [5.74, 6) is 0. The molecule has 19 heavy (non-hydrogen) atoms. The first kappa shape index (κ1) is 12.3. The third-order valence-corrected chi connectivity index (χ3v) is 4.04. The summed E-state index contributed by atoms with van der Waals surface area (Å²) in [6, 6.07) is 6.56. The molecule has 5 heteroatoms. The van der Waals surface area contributed by atoms with E-state index in [-0.39, 0.29) is 6.04 Å². The van der Waals surface area contributed by atoms with Crippen LogP contribution in [-0.2, 0) is 13.6 Å². The number of aryl methyl sites for hydroxylation is 1. The SMILES string of the molecule is CC(NCc1ccn(C)n1)c1cnc2ccsc2c1. The number of fused-ring (bicyclic) bond motifs is 1. The number of hydrogen-bond acceptors (Lipinski definition) is 4. The van der Waals surface area contributed by atoms with Gasteiger partial charge in [0.1, 0.15) is 0 Å². The first-order valence-corrected chi connectivity index (χ1v) is 7.15. The Balaban J connectivity index is 1.70. The van der Waals surface area contributed by atoms with Gasteiger partial charge in [0, 0.05) is 32.0 Å². The Kier molecular flexibility index (Phi) is 3.31. The number of rotatable bonds is 4. The van der Waals surface area contributed by atoms with Crippen molar-refractivity contribution >= 4 is 21.6 Å². The lowest BCUT2D eigenvalue weighted by Gasteiger charge is -2.12. The summed E-state index contributed by atoms with van der Waals surface area (Å²) in [5, 5.41) is 9.91. The largest absolute Gasteiger partial charge is 0.304 e. The molecule has 0 saturated heterocycles. The Morgan fingerprint density at radius 1 is 1.42 bits per heavy atom. The van der Waals surface area contributed by atoms with Crippen LogP contribution in [0.4, 0.5) is 0 Å². The summed E-state index contributed by atoms with van der Waals surface area (Å²) in [6.07, 6.45) is 3.91. The fourth-order valence-electron chi connectivity index (χ4n) is 2.03. The Labute approximate surface area is 116 Å². The minimum Gasteiger partial charge on any atom is -0.304 e. The van der Waals surface area contributed by atoms with E-state index in [9.17, 15) is 0 Å². The van der Waals surface area contributed by atoms with Crippen molar-refractivity contribution in [3.63, 3.8) is 0 Å². The minimum absolute atomic E-state index is 0.265. The molecule has 3 aromatic heterocycles. The van der Waals surface area contributed by atoms with Crippen molar-refractivity contribution in [1.29, 1.82) is 0 Å². The summed E-state index contributed by atoms with van der Waals surface area (Å²) in [4.78, 5) is 4.47. The lowest BCUT2D eigenvalue weighted by molar-refractivity contribution is 0.561. The maximum atomic E-state index is 4.47. The average molecular weight is 272 g/mol. The van der Waals surface area contributed by atoms with E-state index in [2.05, 4.69) is 39.8 Å². The number of hydrogen-bond donors (Lipinski definition) is 1. The molecule has 98 valence electrons. The Bertz CT molecular complexity index is 685. The minimum atomic E-state index is 0.265. The predicted molar refractivity (Wildman–Crippen MR) is 78.1 cm³/mol. The van der Waals surface area contributed by atoms with Crippen LogP contribution < -0.4 is 5.32 Å². The number of pyridine rings is 1. The van der Waals surface area contributed by atoms with Gasteiger partial charge in [0.25, 0.3) is 0 Å². The van der Waals surface area contributed by atoms with Gasteiger partial charge in [0.2, 0.25) is 0 Å². The van der Waals surface area contributed by atoms with Crippen molar-refractivity contribution in [2.24, 2.45) is 7.05 Å². The third kappa shape index (κ3) is 2.67. The zero-order valence-corrected chi connectivity index (χ0v) is 11.8. The second-order valence-electron chi connectivity index (χ2n) is 4.66. The van der Waals surface area contributed by atoms with Crippen molar-refractivity contribution in [1.82, 2.24) is 20.1 Å². The van der Waals surface area contributed by atoms with E-state index in [1.54, 1.807) is 11.3 Å². The molecule has 0 bridgehead atoms. The summed E-state index contributed by atoms with van der Waals surface area (Å²) in [5.41, 5.74) is 3.34. The summed E-state index contributed by atoms with van der Waals surface area (Å²) in [6.45, 7) is 2.92. The lowest BCUT2D eigenvalue weighted by Crippen LogP contribution is -2.18. The Morgan fingerprint density at radius 3 is 3.11 bits per heavy atom. The molecular weight excluding hydrogens is 256 g/mol. The zero-order chi connectivity index (χ0) is 13.2. The highest BCUT2D eigenvalue weighted by atomic mass is 32.1. The Hall–Kier alpha value is -1.72. The van der Waals surface area contributed by atoms with Crippen LogP contribution in [-0.4, -0.2) is 14.8 Å². The Morgan fingerprint density at radius 2 is 2.32 bits per heavy atom. The van der Waals surface area contributed by atoms with Gasteiger partial charge in [-0.25, -0.2) is 0 Å². The third-order valence-electron chi connectivity index (χ3n) is 3.18. The van der Waals surface area contributed by atoms with E-state index in [0.29, 0.717) is 0 Å². The van der Waals surface area contributed by atoms with Crippen LogP contribution in [0.15, 0.2) is 36.0 Å². The van der Waals surface area contributed by atoms with Crippen LogP contribution in [0.5, 0.6) is 0 Å². The fourth-order valence-corrected chi connectivity index (χ4v) is 2.82. The van der Waals surface area contributed by atoms with Crippen LogP contribution in [0.2, 0.25) is 0 Å². The molecular formula is C14H16N4S. The van der Waals surface area contributed by atoms with Gasteiger partial charge < -0.3 is 5.32 Å². The molecule has 0 amide bonds. The van der Waals surface area contributed by atoms with E-state index in [1.165, 1.54) is 10.3 Å². The van der Waals surface area contributed by atoms with Gasteiger partial charge in [-0.15, -0.1) is 11.3 Å². The molecule has 0 aliphatic rings. The molecule has 3 aromatic rings. The second kappa shape index (κ2) is 5.11. The number of thiophene rings is 1. The maximum Gasteiger partial charge on any atom is 0.0809 e. The molecule has 0 radical (unpaired) electrons. The quantitative estimate of drug-likeness (QED) is 0.794. The second-order valence-corrected chi connectivity index (χ2v) is 5.60. The van der Waals surface area contributed by atoms with Crippen LogP contribution in [0.25, 0.3) is 10.2 Å². The van der Waals surface area contributed by atoms with Crippen LogP contribution in [0.3, 0.4) is 0 Å². The van der Waals surface area contributed by atoms with Gasteiger partial charge in [0.15, 0.2) is 0 Å². The molecule has 1 unspecified atom stereocenters. The van der Waals surface area contributed by atoms with E-state index in [4.69, 9.17) is 0 Å². The van der Waals surface area contributed by atoms with Crippen LogP contribution >= 0.6 is 11.3 Å². The molecule has 1 atom stereocenters. The molecule has 0 spiro atoms. The van der Waals surface area contributed by atoms with Gasteiger partial charge in [0.05, 0.1) is 15.9 Å². The molecule has 0 aliphatic carbocycles. The van der Waals surface area contributed by atoms with E-state index in [0.717, 1.165) is 17.8 Å². The molecule has 0 saturated carbocycles. The number of nitrogens with one attached hydrogen (secondary N) is 1. The fraction of sp³-hybridized carbons (Fsp3) is 0.286. The molecule has 3 heterocycles.